The number of aryl methyl sites for hydroxylation is 1. The summed E-state index contributed by atoms with van der Waals surface area (Å²) in [5, 5.41) is 22.8. The van der Waals surface area contributed by atoms with Crippen molar-refractivity contribution in [1.82, 2.24) is 5.32 Å². The van der Waals surface area contributed by atoms with Crippen molar-refractivity contribution in [3.05, 3.63) is 39.9 Å². The van der Waals surface area contributed by atoms with Crippen molar-refractivity contribution >= 4 is 5.69 Å². The molecule has 1 unspecified atom stereocenters. The molecule has 106 valence electrons. The second-order valence-corrected chi connectivity index (χ2v) is 4.62. The Morgan fingerprint density at radius 1 is 1.32 bits per heavy atom. The molecular weight excluding hydrogens is 244 g/mol. The van der Waals surface area contributed by atoms with Gasteiger partial charge in [-0.2, -0.15) is 0 Å². The lowest BCUT2D eigenvalue weighted by atomic mass is 10.1. The molecule has 0 aliphatic rings. The summed E-state index contributed by atoms with van der Waals surface area (Å²) in [5.74, 6) is 0. The highest BCUT2D eigenvalue weighted by atomic mass is 16.6. The van der Waals surface area contributed by atoms with Gasteiger partial charge in [-0.05, 0) is 37.8 Å². The second-order valence-electron chi connectivity index (χ2n) is 4.62. The smallest absolute Gasteiger partial charge is 0.269 e. The summed E-state index contributed by atoms with van der Waals surface area (Å²) in [6.45, 7) is 3.12. The first-order chi connectivity index (χ1) is 9.17. The van der Waals surface area contributed by atoms with Gasteiger partial charge in [0.2, 0.25) is 0 Å². The number of benzene rings is 1. The average molecular weight is 266 g/mol. The highest BCUT2D eigenvalue weighted by molar-refractivity contribution is 5.32. The van der Waals surface area contributed by atoms with Crippen LogP contribution in [0.3, 0.4) is 0 Å². The molecule has 19 heavy (non-hydrogen) atoms. The molecule has 0 heterocycles. The molecule has 0 aliphatic carbocycles. The lowest BCUT2D eigenvalue weighted by Crippen LogP contribution is -2.32. The zero-order chi connectivity index (χ0) is 14.1. The molecule has 1 rings (SSSR count). The lowest BCUT2D eigenvalue weighted by molar-refractivity contribution is -0.384. The number of nitro benzene ring substituents is 1. The fourth-order valence-electron chi connectivity index (χ4n) is 1.88. The zero-order valence-corrected chi connectivity index (χ0v) is 11.3. The number of hydrogen-bond acceptors (Lipinski definition) is 4. The molecule has 0 radical (unpaired) electrons. The number of nitrogens with one attached hydrogen (secondary N) is 1. The molecule has 2 N–H and O–H groups in total. The van der Waals surface area contributed by atoms with E-state index >= 15 is 0 Å². The Hall–Kier alpha value is -1.46. The van der Waals surface area contributed by atoms with Crippen molar-refractivity contribution in [2.24, 2.45) is 0 Å². The van der Waals surface area contributed by atoms with Crippen LogP contribution >= 0.6 is 0 Å². The maximum absolute atomic E-state index is 10.5. The maximum atomic E-state index is 10.5. The summed E-state index contributed by atoms with van der Waals surface area (Å²) < 4.78 is 0. The van der Waals surface area contributed by atoms with Gasteiger partial charge >= 0.3 is 0 Å². The summed E-state index contributed by atoms with van der Waals surface area (Å²) >= 11 is 0. The Labute approximate surface area is 113 Å². The molecule has 1 aromatic rings. The number of hydrogen-bond donors (Lipinski definition) is 2. The fraction of sp³-hybridized carbons (Fsp3) is 0.571. The number of nitrogens with zero attached hydrogens (tertiary/aromatic N) is 1. The minimum absolute atomic E-state index is 0.138. The van der Waals surface area contributed by atoms with Gasteiger partial charge in [0.1, 0.15) is 0 Å². The lowest BCUT2D eigenvalue weighted by Gasteiger charge is -2.13. The average Bonchev–Trinajstić information content (AvgIpc) is 2.43. The minimum Gasteiger partial charge on any atom is -0.395 e. The molecule has 0 fully saturated rings. The molecule has 0 saturated heterocycles. The van der Waals surface area contributed by atoms with Crippen LogP contribution in [-0.2, 0) is 6.42 Å². The standard InChI is InChI=1S/C14H22N2O3/c1-2-13(11-17)15-10-4-3-5-12-6-8-14(9-7-12)16(18)19/h6-9,13,15,17H,2-5,10-11H2,1H3. The summed E-state index contributed by atoms with van der Waals surface area (Å²) in [5.41, 5.74) is 1.26. The molecule has 0 bridgehead atoms. The van der Waals surface area contributed by atoms with Gasteiger partial charge in [0.15, 0.2) is 0 Å². The first-order valence-corrected chi connectivity index (χ1v) is 6.75. The molecular formula is C14H22N2O3. The maximum Gasteiger partial charge on any atom is 0.269 e. The molecule has 5 nitrogen and oxygen atoms in total. The van der Waals surface area contributed by atoms with E-state index in [9.17, 15) is 10.1 Å². The number of nitro groups is 1. The van der Waals surface area contributed by atoms with Crippen LogP contribution in [0.15, 0.2) is 24.3 Å². The van der Waals surface area contributed by atoms with E-state index in [1.807, 2.05) is 19.1 Å². The predicted molar refractivity (Wildman–Crippen MR) is 75.2 cm³/mol. The van der Waals surface area contributed by atoms with E-state index in [-0.39, 0.29) is 23.3 Å². The van der Waals surface area contributed by atoms with Gasteiger partial charge in [0.05, 0.1) is 11.5 Å². The quantitative estimate of drug-likeness (QED) is 0.408. The second kappa shape index (κ2) is 8.61. The van der Waals surface area contributed by atoms with Crippen molar-refractivity contribution < 1.29 is 10.0 Å². The van der Waals surface area contributed by atoms with E-state index in [2.05, 4.69) is 5.32 Å². The van der Waals surface area contributed by atoms with E-state index in [0.29, 0.717) is 0 Å². The summed E-state index contributed by atoms with van der Waals surface area (Å²) in [4.78, 5) is 10.1. The number of rotatable bonds is 9. The molecule has 0 spiro atoms. The third kappa shape index (κ3) is 5.81. The monoisotopic (exact) mass is 266 g/mol. The molecule has 5 heteroatoms. The van der Waals surface area contributed by atoms with Crippen LogP contribution in [0.2, 0.25) is 0 Å². The Morgan fingerprint density at radius 2 is 2.00 bits per heavy atom. The molecule has 0 aromatic heterocycles. The van der Waals surface area contributed by atoms with Crippen molar-refractivity contribution in [3.8, 4) is 0 Å². The molecule has 1 atom stereocenters. The molecule has 0 aliphatic heterocycles. The summed E-state index contributed by atoms with van der Waals surface area (Å²) in [7, 11) is 0. The Morgan fingerprint density at radius 3 is 2.53 bits per heavy atom. The molecule has 0 saturated carbocycles. The van der Waals surface area contributed by atoms with Gasteiger partial charge in [0.25, 0.3) is 5.69 Å². The van der Waals surface area contributed by atoms with Crippen LogP contribution in [0.1, 0.15) is 31.7 Å². The van der Waals surface area contributed by atoms with Crippen LogP contribution in [-0.4, -0.2) is 29.2 Å². The van der Waals surface area contributed by atoms with Crippen molar-refractivity contribution in [2.75, 3.05) is 13.2 Å². The van der Waals surface area contributed by atoms with Crippen LogP contribution in [0.4, 0.5) is 5.69 Å². The number of aliphatic hydroxyl groups is 1. The Kier molecular flexibility index (Phi) is 7.07. The normalized spacial score (nSPS) is 12.3. The largest absolute Gasteiger partial charge is 0.395 e. The summed E-state index contributed by atoms with van der Waals surface area (Å²) in [6, 6.07) is 6.92. The number of aliphatic hydroxyl groups excluding tert-OH is 1. The first kappa shape index (κ1) is 15.6. The third-order valence-electron chi connectivity index (χ3n) is 3.19. The Balaban J connectivity index is 2.20. The van der Waals surface area contributed by atoms with Gasteiger partial charge in [-0.3, -0.25) is 10.1 Å². The van der Waals surface area contributed by atoms with Gasteiger partial charge < -0.3 is 10.4 Å². The fourth-order valence-corrected chi connectivity index (χ4v) is 1.88. The van der Waals surface area contributed by atoms with Crippen LogP contribution in [0.5, 0.6) is 0 Å². The van der Waals surface area contributed by atoms with Gasteiger partial charge in [-0.15, -0.1) is 0 Å². The van der Waals surface area contributed by atoms with E-state index < -0.39 is 0 Å². The highest BCUT2D eigenvalue weighted by Gasteiger charge is 2.04. The SMILES string of the molecule is CCC(CO)NCCCCc1ccc([N+](=O)[O-])cc1. The predicted octanol–water partition coefficient (Wildman–Crippen LogP) is 2.28. The van der Waals surface area contributed by atoms with E-state index in [4.69, 9.17) is 5.11 Å². The van der Waals surface area contributed by atoms with Crippen LogP contribution in [0.25, 0.3) is 0 Å². The van der Waals surface area contributed by atoms with Crippen molar-refractivity contribution in [3.63, 3.8) is 0 Å². The van der Waals surface area contributed by atoms with Gasteiger partial charge in [0, 0.05) is 18.2 Å². The van der Waals surface area contributed by atoms with Crippen molar-refractivity contribution in [2.45, 2.75) is 38.6 Å². The van der Waals surface area contributed by atoms with E-state index in [0.717, 1.165) is 37.8 Å². The van der Waals surface area contributed by atoms with E-state index in [1.54, 1.807) is 12.1 Å². The topological polar surface area (TPSA) is 75.4 Å². The van der Waals surface area contributed by atoms with E-state index in [1.165, 1.54) is 0 Å². The first-order valence-electron chi connectivity index (χ1n) is 6.75. The zero-order valence-electron chi connectivity index (χ0n) is 11.3. The van der Waals surface area contributed by atoms with Crippen LogP contribution in [0, 0.1) is 10.1 Å². The van der Waals surface area contributed by atoms with Gasteiger partial charge in [-0.25, -0.2) is 0 Å². The van der Waals surface area contributed by atoms with Gasteiger partial charge in [-0.1, -0.05) is 19.1 Å². The summed E-state index contributed by atoms with van der Waals surface area (Å²) in [6.07, 6.45) is 3.93. The molecule has 1 aromatic carbocycles. The number of unbranched alkanes of at least 4 members (excludes halogenated alkanes) is 1. The third-order valence-corrected chi connectivity index (χ3v) is 3.19. The highest BCUT2D eigenvalue weighted by Crippen LogP contribution is 2.13. The van der Waals surface area contributed by atoms with Crippen LogP contribution < -0.4 is 5.32 Å². The Bertz CT molecular complexity index is 375. The number of non-ortho nitro benzene ring substituents is 1. The molecule has 0 amide bonds. The van der Waals surface area contributed by atoms with Crippen molar-refractivity contribution in [1.29, 1.82) is 0 Å². The minimum atomic E-state index is -0.381.